The van der Waals surface area contributed by atoms with Crippen molar-refractivity contribution in [3.63, 3.8) is 0 Å². The van der Waals surface area contributed by atoms with E-state index in [1.54, 1.807) is 6.08 Å². The fourth-order valence-corrected chi connectivity index (χ4v) is 8.46. The van der Waals surface area contributed by atoms with Crippen LogP contribution in [0.15, 0.2) is 73.3 Å². The molecule has 0 bridgehead atoms. The summed E-state index contributed by atoms with van der Waals surface area (Å²) in [6.45, 7) is 13.4. The summed E-state index contributed by atoms with van der Waals surface area (Å²) < 4.78 is 6.91. The zero-order valence-electron chi connectivity index (χ0n) is 17.0. The van der Waals surface area contributed by atoms with Crippen molar-refractivity contribution in [1.29, 1.82) is 0 Å². The van der Waals surface area contributed by atoms with E-state index in [9.17, 15) is 4.79 Å². The zero-order chi connectivity index (χ0) is 19.9. The SMILES string of the molecule is C=C[C@@H](C=O)C[C@H](C)CO[Si](c1ccccc1)(c1ccccc1)C(C)(C)C. The summed E-state index contributed by atoms with van der Waals surface area (Å²) in [6, 6.07) is 21.3. The molecule has 0 unspecified atom stereocenters. The summed E-state index contributed by atoms with van der Waals surface area (Å²) in [7, 11) is -2.50. The molecule has 0 N–H and O–H groups in total. The maximum absolute atomic E-state index is 11.2. The molecule has 2 rings (SSSR count). The van der Waals surface area contributed by atoms with Crippen molar-refractivity contribution in [1.82, 2.24) is 0 Å². The first kappa shape index (κ1) is 21.3. The van der Waals surface area contributed by atoms with Gasteiger partial charge in [0.1, 0.15) is 6.29 Å². The Labute approximate surface area is 165 Å². The van der Waals surface area contributed by atoms with E-state index >= 15 is 0 Å². The van der Waals surface area contributed by atoms with Crippen LogP contribution < -0.4 is 10.4 Å². The van der Waals surface area contributed by atoms with Crippen LogP contribution >= 0.6 is 0 Å². The Kier molecular flexibility index (Phi) is 7.34. The molecule has 0 saturated heterocycles. The average molecular weight is 381 g/mol. The second kappa shape index (κ2) is 9.29. The highest BCUT2D eigenvalue weighted by molar-refractivity contribution is 6.99. The number of hydrogen-bond donors (Lipinski definition) is 0. The van der Waals surface area contributed by atoms with Crippen LogP contribution in [0.25, 0.3) is 0 Å². The third kappa shape index (κ3) is 4.85. The van der Waals surface area contributed by atoms with Crippen molar-refractivity contribution in [2.75, 3.05) is 6.61 Å². The number of hydrogen-bond acceptors (Lipinski definition) is 2. The molecule has 2 nitrogen and oxygen atoms in total. The Balaban J connectivity index is 2.43. The molecule has 2 aromatic carbocycles. The molecule has 0 spiro atoms. The molecular weight excluding hydrogens is 348 g/mol. The largest absolute Gasteiger partial charge is 0.407 e. The topological polar surface area (TPSA) is 26.3 Å². The predicted molar refractivity (Wildman–Crippen MR) is 117 cm³/mol. The van der Waals surface area contributed by atoms with Crippen LogP contribution in [0.1, 0.15) is 34.1 Å². The van der Waals surface area contributed by atoms with Crippen LogP contribution in [0.3, 0.4) is 0 Å². The van der Waals surface area contributed by atoms with E-state index in [4.69, 9.17) is 4.43 Å². The monoisotopic (exact) mass is 380 g/mol. The first-order chi connectivity index (χ1) is 12.8. The molecule has 0 amide bonds. The van der Waals surface area contributed by atoms with Gasteiger partial charge in [-0.15, -0.1) is 6.58 Å². The van der Waals surface area contributed by atoms with E-state index in [1.807, 2.05) is 0 Å². The van der Waals surface area contributed by atoms with E-state index in [1.165, 1.54) is 10.4 Å². The Bertz CT molecular complexity index is 672. The standard InChI is InChI=1S/C24H32O2Si/c1-6-21(18-25)17-20(2)19-26-27(24(3,4)5,22-13-9-7-10-14-22)23-15-11-8-12-16-23/h6-16,18,20-21H,1,17,19H2,2-5H3/t20-,21+/m0/s1. The lowest BCUT2D eigenvalue weighted by molar-refractivity contribution is -0.110. The Morgan fingerprint density at radius 1 is 1.00 bits per heavy atom. The normalized spacial score (nSPS) is 14.4. The highest BCUT2D eigenvalue weighted by Crippen LogP contribution is 2.37. The lowest BCUT2D eigenvalue weighted by atomic mass is 9.98. The lowest BCUT2D eigenvalue weighted by Gasteiger charge is -2.43. The molecular formula is C24H32O2Si. The van der Waals surface area contributed by atoms with E-state index in [2.05, 4.69) is 94.9 Å². The van der Waals surface area contributed by atoms with Crippen LogP contribution in [0.2, 0.25) is 5.04 Å². The van der Waals surface area contributed by atoms with E-state index in [0.29, 0.717) is 6.61 Å². The molecule has 144 valence electrons. The molecule has 0 aliphatic rings. The second-order valence-electron chi connectivity index (χ2n) is 8.35. The molecule has 27 heavy (non-hydrogen) atoms. The van der Waals surface area contributed by atoms with Crippen LogP contribution in [-0.4, -0.2) is 21.2 Å². The molecule has 3 heteroatoms. The number of carbonyl (C=O) groups excluding carboxylic acids is 1. The smallest absolute Gasteiger partial charge is 0.261 e. The number of allylic oxidation sites excluding steroid dienone is 1. The van der Waals surface area contributed by atoms with Gasteiger partial charge in [-0.3, -0.25) is 0 Å². The fourth-order valence-electron chi connectivity index (χ4n) is 3.77. The van der Waals surface area contributed by atoms with Gasteiger partial charge in [-0.2, -0.15) is 0 Å². The number of rotatable bonds is 9. The van der Waals surface area contributed by atoms with Crippen LogP contribution in [0, 0.1) is 11.8 Å². The molecule has 0 fully saturated rings. The van der Waals surface area contributed by atoms with Gasteiger partial charge in [0.25, 0.3) is 8.32 Å². The zero-order valence-corrected chi connectivity index (χ0v) is 18.0. The van der Waals surface area contributed by atoms with E-state index in [0.717, 1.165) is 12.7 Å². The van der Waals surface area contributed by atoms with Crippen LogP contribution in [0.4, 0.5) is 0 Å². The number of aldehydes is 1. The van der Waals surface area contributed by atoms with Crippen molar-refractivity contribution in [2.45, 2.75) is 39.2 Å². The number of carbonyl (C=O) groups is 1. The minimum atomic E-state index is -2.50. The average Bonchev–Trinajstić information content (AvgIpc) is 2.67. The predicted octanol–water partition coefficient (Wildman–Crippen LogP) is 4.59. The molecule has 0 heterocycles. The first-order valence-corrected chi connectivity index (χ1v) is 11.6. The molecule has 2 aromatic rings. The molecule has 0 aliphatic heterocycles. The van der Waals surface area contributed by atoms with Gasteiger partial charge < -0.3 is 9.22 Å². The molecule has 0 saturated carbocycles. The summed E-state index contributed by atoms with van der Waals surface area (Å²) in [4.78, 5) is 11.2. The van der Waals surface area contributed by atoms with Crippen LogP contribution in [-0.2, 0) is 9.22 Å². The van der Waals surface area contributed by atoms with Crippen molar-refractivity contribution in [3.05, 3.63) is 73.3 Å². The second-order valence-corrected chi connectivity index (χ2v) is 12.7. The summed E-state index contributed by atoms with van der Waals surface area (Å²) in [5.41, 5.74) is 0. The minimum Gasteiger partial charge on any atom is -0.407 e. The summed E-state index contributed by atoms with van der Waals surface area (Å²) in [5, 5.41) is 2.54. The molecule has 2 atom stereocenters. The highest BCUT2D eigenvalue weighted by atomic mass is 28.4. The van der Waals surface area contributed by atoms with Gasteiger partial charge in [0, 0.05) is 12.5 Å². The Morgan fingerprint density at radius 3 is 1.85 bits per heavy atom. The lowest BCUT2D eigenvalue weighted by Crippen LogP contribution is -2.66. The molecule has 0 aliphatic carbocycles. The Hall–Kier alpha value is -1.97. The van der Waals surface area contributed by atoms with Crippen molar-refractivity contribution in [2.24, 2.45) is 11.8 Å². The van der Waals surface area contributed by atoms with Crippen molar-refractivity contribution in [3.8, 4) is 0 Å². The van der Waals surface area contributed by atoms with E-state index < -0.39 is 8.32 Å². The maximum atomic E-state index is 11.2. The highest BCUT2D eigenvalue weighted by Gasteiger charge is 2.50. The molecule has 0 aromatic heterocycles. The first-order valence-electron chi connectivity index (χ1n) is 9.68. The van der Waals surface area contributed by atoms with Gasteiger partial charge in [-0.05, 0) is 27.8 Å². The van der Waals surface area contributed by atoms with Gasteiger partial charge in [0.05, 0.1) is 0 Å². The van der Waals surface area contributed by atoms with Gasteiger partial charge in [0.15, 0.2) is 0 Å². The number of benzene rings is 2. The summed E-state index contributed by atoms with van der Waals surface area (Å²) in [6.07, 6.45) is 3.48. The summed E-state index contributed by atoms with van der Waals surface area (Å²) >= 11 is 0. The maximum Gasteiger partial charge on any atom is 0.261 e. The Morgan fingerprint density at radius 2 is 1.48 bits per heavy atom. The van der Waals surface area contributed by atoms with Gasteiger partial charge in [0.2, 0.25) is 0 Å². The third-order valence-electron chi connectivity index (χ3n) is 5.15. The van der Waals surface area contributed by atoms with Crippen molar-refractivity contribution < 1.29 is 9.22 Å². The fraction of sp³-hybridized carbons (Fsp3) is 0.375. The van der Waals surface area contributed by atoms with Crippen molar-refractivity contribution >= 4 is 25.0 Å². The van der Waals surface area contributed by atoms with E-state index in [-0.39, 0.29) is 16.9 Å². The minimum absolute atomic E-state index is 0.0298. The third-order valence-corrected chi connectivity index (χ3v) is 10.2. The van der Waals surface area contributed by atoms with Gasteiger partial charge in [-0.25, -0.2) is 0 Å². The molecule has 0 radical (unpaired) electrons. The van der Waals surface area contributed by atoms with Gasteiger partial charge in [-0.1, -0.05) is 94.4 Å². The quantitative estimate of drug-likeness (QED) is 0.361. The van der Waals surface area contributed by atoms with Crippen LogP contribution in [0.5, 0.6) is 0 Å². The summed E-state index contributed by atoms with van der Waals surface area (Å²) in [5.74, 6) is 0.169. The van der Waals surface area contributed by atoms with Gasteiger partial charge >= 0.3 is 0 Å².